The normalized spacial score (nSPS) is 12.1. The van der Waals surface area contributed by atoms with E-state index in [2.05, 4.69) is 60.7 Å². The average molecular weight is 356 g/mol. The zero-order chi connectivity index (χ0) is 19.2. The van der Waals surface area contributed by atoms with E-state index in [-0.39, 0.29) is 11.2 Å². The molecule has 0 aliphatic carbocycles. The molecular formula is C20H28N4O2. The van der Waals surface area contributed by atoms with E-state index in [0.717, 1.165) is 13.0 Å². The summed E-state index contributed by atoms with van der Waals surface area (Å²) in [4.78, 5) is 15.3. The van der Waals surface area contributed by atoms with Crippen molar-refractivity contribution in [1.82, 2.24) is 10.6 Å². The van der Waals surface area contributed by atoms with Crippen LogP contribution in [0.3, 0.4) is 0 Å². The highest BCUT2D eigenvalue weighted by atomic mass is 16.3. The number of nitrogens with two attached hydrogens (primary N) is 1. The fourth-order valence-corrected chi connectivity index (χ4v) is 2.60. The molecule has 0 saturated heterocycles. The fourth-order valence-electron chi connectivity index (χ4n) is 2.60. The van der Waals surface area contributed by atoms with Gasteiger partial charge in [0.25, 0.3) is 5.91 Å². The van der Waals surface area contributed by atoms with E-state index >= 15 is 0 Å². The second-order valence-corrected chi connectivity index (χ2v) is 6.84. The van der Waals surface area contributed by atoms with E-state index in [9.17, 15) is 4.79 Å². The molecule has 0 aliphatic rings. The quantitative estimate of drug-likeness (QED) is 0.525. The number of nitrogens with one attached hydrogen (secondary N) is 2. The molecule has 140 valence electrons. The number of primary amides is 1. The van der Waals surface area contributed by atoms with E-state index in [0.29, 0.717) is 18.3 Å². The van der Waals surface area contributed by atoms with Crippen molar-refractivity contribution in [2.45, 2.75) is 39.2 Å². The lowest BCUT2D eigenvalue weighted by molar-refractivity contribution is 0.0972. The van der Waals surface area contributed by atoms with Gasteiger partial charge in [0.15, 0.2) is 11.7 Å². The summed E-state index contributed by atoms with van der Waals surface area (Å²) in [7, 11) is 1.72. The number of hydrogen-bond acceptors (Lipinski definition) is 3. The Hall–Kier alpha value is -2.76. The molecular weight excluding hydrogens is 328 g/mol. The van der Waals surface area contributed by atoms with E-state index in [1.165, 1.54) is 11.1 Å². The van der Waals surface area contributed by atoms with Crippen LogP contribution in [0, 0.1) is 0 Å². The number of benzene rings is 1. The van der Waals surface area contributed by atoms with Crippen LogP contribution in [-0.4, -0.2) is 25.5 Å². The van der Waals surface area contributed by atoms with Crippen molar-refractivity contribution in [3.63, 3.8) is 0 Å². The van der Waals surface area contributed by atoms with E-state index in [1.54, 1.807) is 19.2 Å². The fraction of sp³-hybridized carbons (Fsp3) is 0.400. The molecule has 2 rings (SSSR count). The lowest BCUT2D eigenvalue weighted by Crippen LogP contribution is -2.43. The van der Waals surface area contributed by atoms with Crippen LogP contribution in [0.15, 0.2) is 45.8 Å². The van der Waals surface area contributed by atoms with Crippen molar-refractivity contribution in [3.05, 3.63) is 59.0 Å². The molecule has 0 radical (unpaired) electrons. The van der Waals surface area contributed by atoms with E-state index < -0.39 is 5.91 Å². The molecule has 0 fully saturated rings. The first-order valence-electron chi connectivity index (χ1n) is 8.78. The molecule has 1 aromatic heterocycles. The Bertz CT molecular complexity index is 760. The van der Waals surface area contributed by atoms with Gasteiger partial charge >= 0.3 is 0 Å². The Morgan fingerprint density at radius 2 is 1.85 bits per heavy atom. The minimum absolute atomic E-state index is 0.0479. The lowest BCUT2D eigenvalue weighted by Gasteiger charge is -2.27. The highest BCUT2D eigenvalue weighted by molar-refractivity contribution is 5.89. The summed E-state index contributed by atoms with van der Waals surface area (Å²) < 4.78 is 5.36. The molecule has 4 N–H and O–H groups in total. The summed E-state index contributed by atoms with van der Waals surface area (Å²) in [6.45, 7) is 7.68. The minimum Gasteiger partial charge on any atom is -0.454 e. The van der Waals surface area contributed by atoms with Crippen LogP contribution in [0.4, 0.5) is 0 Å². The monoisotopic (exact) mass is 356 g/mol. The highest BCUT2D eigenvalue weighted by Gasteiger charge is 2.21. The summed E-state index contributed by atoms with van der Waals surface area (Å²) in [6, 6.07) is 12.0. The number of carbonyl (C=O) groups excluding carboxylic acids is 1. The zero-order valence-electron chi connectivity index (χ0n) is 15.9. The summed E-state index contributed by atoms with van der Waals surface area (Å²) >= 11 is 0. The molecule has 0 unspecified atom stereocenters. The second kappa shape index (κ2) is 8.56. The molecule has 0 bridgehead atoms. The number of hydrogen-bond donors (Lipinski definition) is 3. The summed E-state index contributed by atoms with van der Waals surface area (Å²) in [5, 5.41) is 6.52. The largest absolute Gasteiger partial charge is 0.454 e. The molecule has 6 nitrogen and oxygen atoms in total. The summed E-state index contributed by atoms with van der Waals surface area (Å²) in [5.41, 5.74) is 7.75. The third kappa shape index (κ3) is 5.12. The number of furan rings is 1. The van der Waals surface area contributed by atoms with Crippen LogP contribution in [0.2, 0.25) is 0 Å². The standard InChI is InChI=1S/C20H28N4O2/c1-5-14-6-8-15(9-7-14)20(2,3)13-24-19(22-4)23-12-16-10-11-17(26-16)18(21)25/h6-11H,5,12-13H2,1-4H3,(H2,21,25)(H2,22,23,24). The van der Waals surface area contributed by atoms with Crippen LogP contribution in [0.25, 0.3) is 0 Å². The Morgan fingerprint density at radius 3 is 2.38 bits per heavy atom. The first kappa shape index (κ1) is 19.6. The molecule has 2 aromatic rings. The Morgan fingerprint density at radius 1 is 1.15 bits per heavy atom. The smallest absolute Gasteiger partial charge is 0.284 e. The summed E-state index contributed by atoms with van der Waals surface area (Å²) in [6.07, 6.45) is 1.04. The number of amides is 1. The first-order valence-corrected chi connectivity index (χ1v) is 8.78. The highest BCUT2D eigenvalue weighted by Crippen LogP contribution is 2.22. The van der Waals surface area contributed by atoms with Crippen LogP contribution >= 0.6 is 0 Å². The van der Waals surface area contributed by atoms with Gasteiger partial charge in [-0.25, -0.2) is 0 Å². The van der Waals surface area contributed by atoms with Gasteiger partial charge in [-0.15, -0.1) is 0 Å². The maximum atomic E-state index is 11.1. The van der Waals surface area contributed by atoms with Gasteiger partial charge in [0.05, 0.1) is 6.54 Å². The second-order valence-electron chi connectivity index (χ2n) is 6.84. The molecule has 1 heterocycles. The van der Waals surface area contributed by atoms with Gasteiger partial charge in [-0.3, -0.25) is 9.79 Å². The predicted molar refractivity (Wildman–Crippen MR) is 104 cm³/mol. The van der Waals surface area contributed by atoms with Crippen molar-refractivity contribution < 1.29 is 9.21 Å². The number of nitrogens with zero attached hydrogens (tertiary/aromatic N) is 1. The van der Waals surface area contributed by atoms with Crippen LogP contribution < -0.4 is 16.4 Å². The molecule has 0 saturated carbocycles. The van der Waals surface area contributed by atoms with Gasteiger partial charge in [0, 0.05) is 19.0 Å². The van der Waals surface area contributed by atoms with Gasteiger partial charge < -0.3 is 20.8 Å². The molecule has 1 amide bonds. The van der Waals surface area contributed by atoms with Gasteiger partial charge in [-0.05, 0) is 29.7 Å². The zero-order valence-corrected chi connectivity index (χ0v) is 15.9. The third-order valence-electron chi connectivity index (χ3n) is 4.40. The van der Waals surface area contributed by atoms with Crippen molar-refractivity contribution >= 4 is 11.9 Å². The number of carbonyl (C=O) groups is 1. The Labute approximate surface area is 154 Å². The molecule has 6 heteroatoms. The van der Waals surface area contributed by atoms with Gasteiger partial charge in [-0.2, -0.15) is 0 Å². The van der Waals surface area contributed by atoms with Gasteiger partial charge in [-0.1, -0.05) is 45.0 Å². The van der Waals surface area contributed by atoms with Crippen LogP contribution in [-0.2, 0) is 18.4 Å². The molecule has 0 spiro atoms. The van der Waals surface area contributed by atoms with Crippen LogP contribution in [0.1, 0.15) is 48.2 Å². The SMILES string of the molecule is CCc1ccc(C(C)(C)CNC(=NC)NCc2ccc(C(N)=O)o2)cc1. The number of aliphatic imine (C=N–C) groups is 1. The van der Waals surface area contributed by atoms with Crippen LogP contribution in [0.5, 0.6) is 0 Å². The minimum atomic E-state index is -0.574. The molecule has 26 heavy (non-hydrogen) atoms. The number of rotatable bonds is 7. The number of guanidine groups is 1. The van der Waals surface area contributed by atoms with Crippen molar-refractivity contribution in [3.8, 4) is 0 Å². The molecule has 0 atom stereocenters. The predicted octanol–water partition coefficient (Wildman–Crippen LogP) is 2.58. The van der Waals surface area contributed by atoms with Gasteiger partial charge in [0.2, 0.25) is 0 Å². The van der Waals surface area contributed by atoms with Crippen molar-refractivity contribution in [2.75, 3.05) is 13.6 Å². The molecule has 1 aromatic carbocycles. The van der Waals surface area contributed by atoms with Crippen molar-refractivity contribution in [2.24, 2.45) is 10.7 Å². The van der Waals surface area contributed by atoms with Gasteiger partial charge in [0.1, 0.15) is 5.76 Å². The Kier molecular flexibility index (Phi) is 6.44. The van der Waals surface area contributed by atoms with E-state index in [4.69, 9.17) is 10.2 Å². The van der Waals surface area contributed by atoms with E-state index in [1.807, 2.05) is 0 Å². The number of aryl methyl sites for hydroxylation is 1. The topological polar surface area (TPSA) is 92.6 Å². The average Bonchev–Trinajstić information content (AvgIpc) is 3.11. The maximum absolute atomic E-state index is 11.1. The molecule has 0 aliphatic heterocycles. The Balaban J connectivity index is 1.91. The summed E-state index contributed by atoms with van der Waals surface area (Å²) in [5.74, 6) is 0.868. The first-order chi connectivity index (χ1) is 12.4. The van der Waals surface area contributed by atoms with Crippen molar-refractivity contribution in [1.29, 1.82) is 0 Å². The lowest BCUT2D eigenvalue weighted by atomic mass is 9.84. The third-order valence-corrected chi connectivity index (χ3v) is 4.40. The maximum Gasteiger partial charge on any atom is 0.284 e.